The molecule has 1 fully saturated rings. The van der Waals surface area contributed by atoms with Gasteiger partial charge in [-0.05, 0) is 30.4 Å². The number of thiophene rings is 1. The average molecular weight is 230 g/mol. The SMILES string of the molecule is NCc1cc(C2CCCCC2)sc1Cl. The van der Waals surface area contributed by atoms with E-state index in [1.165, 1.54) is 37.0 Å². The summed E-state index contributed by atoms with van der Waals surface area (Å²) < 4.78 is 0.896. The lowest BCUT2D eigenvalue weighted by molar-refractivity contribution is 0.448. The van der Waals surface area contributed by atoms with Crippen molar-refractivity contribution in [1.29, 1.82) is 0 Å². The molecular weight excluding hydrogens is 214 g/mol. The first-order chi connectivity index (χ1) is 6.81. The van der Waals surface area contributed by atoms with Crippen LogP contribution in [-0.2, 0) is 6.54 Å². The zero-order chi connectivity index (χ0) is 9.97. The average Bonchev–Trinajstić information content (AvgIpc) is 2.61. The Hall–Kier alpha value is -0.0500. The van der Waals surface area contributed by atoms with Crippen LogP contribution in [0.5, 0.6) is 0 Å². The second-order valence-corrected chi connectivity index (χ2v) is 5.67. The van der Waals surface area contributed by atoms with Crippen LogP contribution in [0, 0.1) is 0 Å². The van der Waals surface area contributed by atoms with Gasteiger partial charge in [-0.2, -0.15) is 0 Å². The molecule has 0 bridgehead atoms. The maximum Gasteiger partial charge on any atom is 0.0976 e. The maximum absolute atomic E-state index is 6.10. The first-order valence-electron chi connectivity index (χ1n) is 5.29. The minimum Gasteiger partial charge on any atom is -0.326 e. The molecule has 1 aromatic heterocycles. The van der Waals surface area contributed by atoms with Crippen molar-refractivity contribution in [3.05, 3.63) is 20.8 Å². The first-order valence-corrected chi connectivity index (χ1v) is 6.49. The largest absolute Gasteiger partial charge is 0.326 e. The highest BCUT2D eigenvalue weighted by Gasteiger charge is 2.18. The Labute approximate surface area is 94.3 Å². The van der Waals surface area contributed by atoms with Crippen molar-refractivity contribution in [3.8, 4) is 0 Å². The van der Waals surface area contributed by atoms with E-state index in [9.17, 15) is 0 Å². The monoisotopic (exact) mass is 229 g/mol. The van der Waals surface area contributed by atoms with Gasteiger partial charge in [-0.15, -0.1) is 11.3 Å². The van der Waals surface area contributed by atoms with Gasteiger partial charge in [0.2, 0.25) is 0 Å². The quantitative estimate of drug-likeness (QED) is 0.818. The van der Waals surface area contributed by atoms with Crippen LogP contribution in [0.15, 0.2) is 6.07 Å². The molecule has 14 heavy (non-hydrogen) atoms. The Morgan fingerprint density at radius 3 is 2.64 bits per heavy atom. The molecule has 1 aliphatic carbocycles. The van der Waals surface area contributed by atoms with Crippen LogP contribution >= 0.6 is 22.9 Å². The molecular formula is C11H16ClNS. The van der Waals surface area contributed by atoms with Crippen LogP contribution < -0.4 is 5.73 Å². The molecule has 0 aromatic carbocycles. The Kier molecular flexibility index (Phi) is 3.47. The Balaban J connectivity index is 2.14. The van der Waals surface area contributed by atoms with Gasteiger partial charge in [-0.3, -0.25) is 0 Å². The van der Waals surface area contributed by atoms with E-state index in [0.29, 0.717) is 6.54 Å². The standard InChI is InChI=1S/C11H16ClNS/c12-11-9(7-13)6-10(14-11)8-4-2-1-3-5-8/h6,8H,1-5,7,13H2. The molecule has 2 rings (SSSR count). The molecule has 78 valence electrons. The van der Waals surface area contributed by atoms with Crippen molar-refractivity contribution in [2.24, 2.45) is 5.73 Å². The maximum atomic E-state index is 6.10. The molecule has 2 N–H and O–H groups in total. The van der Waals surface area contributed by atoms with Gasteiger partial charge in [0, 0.05) is 11.4 Å². The fourth-order valence-electron chi connectivity index (χ4n) is 2.15. The Morgan fingerprint density at radius 2 is 2.07 bits per heavy atom. The van der Waals surface area contributed by atoms with Crippen LogP contribution in [0.25, 0.3) is 0 Å². The fraction of sp³-hybridized carbons (Fsp3) is 0.636. The van der Waals surface area contributed by atoms with E-state index >= 15 is 0 Å². The van der Waals surface area contributed by atoms with E-state index in [0.717, 1.165) is 15.8 Å². The summed E-state index contributed by atoms with van der Waals surface area (Å²) in [6.45, 7) is 0.571. The lowest BCUT2D eigenvalue weighted by Gasteiger charge is -2.19. The minimum absolute atomic E-state index is 0.571. The third kappa shape index (κ3) is 2.13. The second-order valence-electron chi connectivity index (χ2n) is 3.99. The third-order valence-corrected chi connectivity index (χ3v) is 4.61. The number of hydrogen-bond acceptors (Lipinski definition) is 2. The van der Waals surface area contributed by atoms with Crippen molar-refractivity contribution in [2.75, 3.05) is 0 Å². The second kappa shape index (κ2) is 4.65. The third-order valence-electron chi connectivity index (χ3n) is 3.00. The first kappa shape index (κ1) is 10.5. The van der Waals surface area contributed by atoms with Gasteiger partial charge in [-0.1, -0.05) is 30.9 Å². The number of halogens is 1. The molecule has 0 saturated heterocycles. The van der Waals surface area contributed by atoms with Crippen LogP contribution in [0.3, 0.4) is 0 Å². The molecule has 1 saturated carbocycles. The van der Waals surface area contributed by atoms with Gasteiger partial charge in [0.1, 0.15) is 0 Å². The molecule has 0 unspecified atom stereocenters. The summed E-state index contributed by atoms with van der Waals surface area (Å²) in [7, 11) is 0. The van der Waals surface area contributed by atoms with Gasteiger partial charge in [0.05, 0.1) is 4.34 Å². The van der Waals surface area contributed by atoms with Crippen molar-refractivity contribution >= 4 is 22.9 Å². The molecule has 1 nitrogen and oxygen atoms in total. The zero-order valence-electron chi connectivity index (χ0n) is 8.26. The molecule has 0 atom stereocenters. The van der Waals surface area contributed by atoms with Crippen molar-refractivity contribution in [2.45, 2.75) is 44.6 Å². The number of hydrogen-bond donors (Lipinski definition) is 1. The molecule has 1 aliphatic rings. The topological polar surface area (TPSA) is 26.0 Å². The molecule has 0 spiro atoms. The summed E-state index contributed by atoms with van der Waals surface area (Å²) in [6, 6.07) is 2.21. The van der Waals surface area contributed by atoms with E-state index < -0.39 is 0 Å². The summed E-state index contributed by atoms with van der Waals surface area (Å²) in [5.41, 5.74) is 6.74. The van der Waals surface area contributed by atoms with Crippen LogP contribution in [-0.4, -0.2) is 0 Å². The van der Waals surface area contributed by atoms with Gasteiger partial charge in [0.25, 0.3) is 0 Å². The van der Waals surface area contributed by atoms with Crippen molar-refractivity contribution < 1.29 is 0 Å². The van der Waals surface area contributed by atoms with E-state index in [2.05, 4.69) is 6.07 Å². The van der Waals surface area contributed by atoms with Crippen LogP contribution in [0.4, 0.5) is 0 Å². The van der Waals surface area contributed by atoms with E-state index in [1.807, 2.05) is 0 Å². The predicted octanol–water partition coefficient (Wildman–Crippen LogP) is 3.91. The van der Waals surface area contributed by atoms with Gasteiger partial charge >= 0.3 is 0 Å². The molecule has 1 heterocycles. The minimum atomic E-state index is 0.571. The summed E-state index contributed by atoms with van der Waals surface area (Å²) in [5, 5.41) is 0. The lowest BCUT2D eigenvalue weighted by atomic mass is 9.88. The normalized spacial score (nSPS) is 18.7. The summed E-state index contributed by atoms with van der Waals surface area (Å²) in [6.07, 6.45) is 6.82. The predicted molar refractivity (Wildman–Crippen MR) is 63.0 cm³/mol. The lowest BCUT2D eigenvalue weighted by Crippen LogP contribution is -2.02. The molecule has 1 aromatic rings. The van der Waals surface area contributed by atoms with Crippen molar-refractivity contribution in [3.63, 3.8) is 0 Å². The molecule has 3 heteroatoms. The summed E-state index contributed by atoms with van der Waals surface area (Å²) in [4.78, 5) is 1.45. The number of rotatable bonds is 2. The molecule has 0 radical (unpaired) electrons. The number of nitrogens with two attached hydrogens (primary N) is 1. The highest BCUT2D eigenvalue weighted by atomic mass is 35.5. The van der Waals surface area contributed by atoms with Gasteiger partial charge in [0.15, 0.2) is 0 Å². The zero-order valence-corrected chi connectivity index (χ0v) is 9.83. The van der Waals surface area contributed by atoms with E-state index in [4.69, 9.17) is 17.3 Å². The summed E-state index contributed by atoms with van der Waals surface area (Å²) >= 11 is 7.83. The highest BCUT2D eigenvalue weighted by molar-refractivity contribution is 7.16. The Bertz CT molecular complexity index is 302. The fourth-order valence-corrected chi connectivity index (χ4v) is 3.64. The van der Waals surface area contributed by atoms with E-state index in [1.54, 1.807) is 11.3 Å². The van der Waals surface area contributed by atoms with E-state index in [-0.39, 0.29) is 0 Å². The summed E-state index contributed by atoms with van der Waals surface area (Å²) in [5.74, 6) is 0.756. The van der Waals surface area contributed by atoms with Crippen molar-refractivity contribution in [1.82, 2.24) is 0 Å². The van der Waals surface area contributed by atoms with Crippen LogP contribution in [0.2, 0.25) is 4.34 Å². The highest BCUT2D eigenvalue weighted by Crippen LogP contribution is 2.39. The smallest absolute Gasteiger partial charge is 0.0976 e. The molecule has 0 aliphatic heterocycles. The molecule has 0 amide bonds. The van der Waals surface area contributed by atoms with Crippen LogP contribution in [0.1, 0.15) is 48.5 Å². The van der Waals surface area contributed by atoms with Gasteiger partial charge < -0.3 is 5.73 Å². The Morgan fingerprint density at radius 1 is 1.36 bits per heavy atom. The van der Waals surface area contributed by atoms with Gasteiger partial charge in [-0.25, -0.2) is 0 Å².